The smallest absolute Gasteiger partial charge is 0.252 e. The van der Waals surface area contributed by atoms with E-state index in [2.05, 4.69) is 31.2 Å². The number of nitrogens with zero attached hydrogens (tertiary/aromatic N) is 5. The van der Waals surface area contributed by atoms with Crippen LogP contribution in [0.4, 0.5) is 5.95 Å². The van der Waals surface area contributed by atoms with Crippen LogP contribution >= 0.6 is 11.8 Å². The van der Waals surface area contributed by atoms with Crippen LogP contribution in [0.1, 0.15) is 22.3 Å². The highest BCUT2D eigenvalue weighted by atomic mass is 32.2. The van der Waals surface area contributed by atoms with Gasteiger partial charge in [0.2, 0.25) is 5.95 Å². The highest BCUT2D eigenvalue weighted by Crippen LogP contribution is 2.32. The number of aromatic nitrogens is 2. The maximum Gasteiger partial charge on any atom is 0.252 e. The van der Waals surface area contributed by atoms with E-state index in [4.69, 9.17) is 0 Å². The van der Waals surface area contributed by atoms with Gasteiger partial charge in [0.15, 0.2) is 0 Å². The molecule has 1 aliphatic heterocycles. The second-order valence-electron chi connectivity index (χ2n) is 7.69. The van der Waals surface area contributed by atoms with Crippen LogP contribution in [0.2, 0.25) is 0 Å². The minimum absolute atomic E-state index is 0.0846. The van der Waals surface area contributed by atoms with Gasteiger partial charge in [-0.2, -0.15) is 5.26 Å². The van der Waals surface area contributed by atoms with Gasteiger partial charge in [0.1, 0.15) is 6.07 Å². The number of hydrogen-bond donors (Lipinski definition) is 1. The normalized spacial score (nSPS) is 14.0. The van der Waals surface area contributed by atoms with Crippen LogP contribution in [0.15, 0.2) is 76.8 Å². The largest absolute Gasteiger partial charge is 0.352 e. The number of benzene rings is 2. The topological polar surface area (TPSA) is 85.2 Å². The molecule has 0 aliphatic carbocycles. The lowest BCUT2D eigenvalue weighted by Gasteiger charge is -2.34. The number of anilines is 1. The third-order valence-corrected chi connectivity index (χ3v) is 6.65. The molecule has 0 saturated carbocycles. The van der Waals surface area contributed by atoms with E-state index in [9.17, 15) is 10.1 Å². The molecule has 0 unspecified atom stereocenters. The maximum atomic E-state index is 12.8. The number of amides is 1. The molecule has 168 valence electrons. The van der Waals surface area contributed by atoms with Crippen LogP contribution in [0.5, 0.6) is 0 Å². The van der Waals surface area contributed by atoms with E-state index in [1.807, 2.05) is 48.5 Å². The van der Waals surface area contributed by atoms with Crippen LogP contribution in [-0.4, -0.2) is 60.0 Å². The molecule has 1 aromatic heterocycles. The van der Waals surface area contributed by atoms with Gasteiger partial charge in [0, 0.05) is 54.9 Å². The van der Waals surface area contributed by atoms with Crippen LogP contribution in [0.3, 0.4) is 0 Å². The molecule has 33 heavy (non-hydrogen) atoms. The lowest BCUT2D eigenvalue weighted by atomic mass is 10.2. The van der Waals surface area contributed by atoms with E-state index < -0.39 is 0 Å². The second-order valence-corrected chi connectivity index (χ2v) is 8.78. The van der Waals surface area contributed by atoms with E-state index in [1.165, 1.54) is 11.8 Å². The number of piperazine rings is 1. The number of carbonyl (C=O) groups is 1. The Balaban J connectivity index is 1.24. The molecular formula is C25H26N6OS. The number of nitrogens with one attached hydrogen (secondary N) is 1. The predicted molar refractivity (Wildman–Crippen MR) is 129 cm³/mol. The molecular weight excluding hydrogens is 432 g/mol. The molecule has 1 saturated heterocycles. The Bertz CT molecular complexity index is 1110. The lowest BCUT2D eigenvalue weighted by Crippen LogP contribution is -2.47. The van der Waals surface area contributed by atoms with E-state index in [0.29, 0.717) is 17.7 Å². The first-order valence-corrected chi connectivity index (χ1v) is 11.8. The van der Waals surface area contributed by atoms with Gasteiger partial charge in [-0.3, -0.25) is 9.69 Å². The van der Waals surface area contributed by atoms with Gasteiger partial charge in [-0.05, 0) is 43.3 Å². The van der Waals surface area contributed by atoms with Gasteiger partial charge >= 0.3 is 0 Å². The van der Waals surface area contributed by atoms with Crippen molar-refractivity contribution in [2.75, 3.05) is 44.2 Å². The van der Waals surface area contributed by atoms with Crippen molar-refractivity contribution < 1.29 is 4.79 Å². The number of rotatable bonds is 8. The molecule has 1 amide bonds. The Labute approximate surface area is 198 Å². The average molecular weight is 459 g/mol. The Kier molecular flexibility index (Phi) is 7.90. The van der Waals surface area contributed by atoms with E-state index >= 15 is 0 Å². The van der Waals surface area contributed by atoms with Crippen LogP contribution in [0, 0.1) is 11.3 Å². The van der Waals surface area contributed by atoms with Crippen molar-refractivity contribution in [3.05, 3.63) is 78.1 Å². The summed E-state index contributed by atoms with van der Waals surface area (Å²) in [7, 11) is 0. The van der Waals surface area contributed by atoms with Crippen molar-refractivity contribution in [2.24, 2.45) is 0 Å². The molecule has 0 atom stereocenters. The van der Waals surface area contributed by atoms with Gasteiger partial charge in [-0.1, -0.05) is 36.0 Å². The first-order valence-electron chi connectivity index (χ1n) is 11.0. The predicted octanol–water partition coefficient (Wildman–Crippen LogP) is 3.44. The summed E-state index contributed by atoms with van der Waals surface area (Å²) in [6, 6.07) is 19.0. The summed E-state index contributed by atoms with van der Waals surface area (Å²) in [5.41, 5.74) is 1.24. The summed E-state index contributed by atoms with van der Waals surface area (Å²) < 4.78 is 0. The van der Waals surface area contributed by atoms with Gasteiger partial charge < -0.3 is 10.2 Å². The molecule has 0 radical (unpaired) electrons. The standard InChI is InChI=1S/C25H26N6OS/c26-19-20-7-1-3-9-22(20)33-23-10-4-2-8-21(23)24(32)27-13-6-14-30-15-17-31(18-16-30)25-28-11-5-12-29-25/h1-5,7-12H,6,13-18H2,(H,27,32). The fraction of sp³-hybridized carbons (Fsp3) is 0.280. The number of carbonyl (C=O) groups excluding carboxylic acids is 1. The fourth-order valence-corrected chi connectivity index (χ4v) is 4.76. The molecule has 7 nitrogen and oxygen atoms in total. The zero-order valence-electron chi connectivity index (χ0n) is 18.4. The van der Waals surface area contributed by atoms with Gasteiger partial charge in [0.05, 0.1) is 11.1 Å². The number of nitriles is 1. The molecule has 4 rings (SSSR count). The van der Waals surface area contributed by atoms with Crippen LogP contribution < -0.4 is 10.2 Å². The maximum absolute atomic E-state index is 12.8. The van der Waals surface area contributed by atoms with Crippen molar-refractivity contribution in [3.8, 4) is 6.07 Å². The first-order chi connectivity index (χ1) is 16.2. The molecule has 1 N–H and O–H groups in total. The summed E-state index contributed by atoms with van der Waals surface area (Å²) in [6.45, 7) is 5.30. The lowest BCUT2D eigenvalue weighted by molar-refractivity contribution is 0.0948. The quantitative estimate of drug-likeness (QED) is 0.518. The van der Waals surface area contributed by atoms with E-state index in [1.54, 1.807) is 18.5 Å². The van der Waals surface area contributed by atoms with Crippen molar-refractivity contribution in [1.29, 1.82) is 5.26 Å². The van der Waals surface area contributed by atoms with Crippen LogP contribution in [0.25, 0.3) is 0 Å². The third-order valence-electron chi connectivity index (χ3n) is 5.50. The third kappa shape index (κ3) is 6.09. The fourth-order valence-electron chi connectivity index (χ4n) is 3.74. The first kappa shape index (κ1) is 22.8. The highest BCUT2D eigenvalue weighted by Gasteiger charge is 2.18. The van der Waals surface area contributed by atoms with Gasteiger partial charge in [-0.25, -0.2) is 9.97 Å². The zero-order valence-corrected chi connectivity index (χ0v) is 19.2. The zero-order chi connectivity index (χ0) is 22.9. The highest BCUT2D eigenvalue weighted by molar-refractivity contribution is 7.99. The van der Waals surface area contributed by atoms with E-state index in [0.717, 1.165) is 54.9 Å². The molecule has 1 fully saturated rings. The molecule has 0 bridgehead atoms. The molecule has 8 heteroatoms. The molecule has 2 aromatic carbocycles. The summed E-state index contributed by atoms with van der Waals surface area (Å²) in [4.78, 5) is 27.8. The monoisotopic (exact) mass is 458 g/mol. The van der Waals surface area contributed by atoms with Crippen molar-refractivity contribution in [1.82, 2.24) is 20.2 Å². The number of hydrogen-bond acceptors (Lipinski definition) is 7. The Morgan fingerprint density at radius 3 is 2.42 bits per heavy atom. The van der Waals surface area contributed by atoms with Gasteiger partial charge in [-0.15, -0.1) is 0 Å². The average Bonchev–Trinajstić information content (AvgIpc) is 2.88. The van der Waals surface area contributed by atoms with E-state index in [-0.39, 0.29) is 5.91 Å². The Morgan fingerprint density at radius 2 is 1.67 bits per heavy atom. The second kappa shape index (κ2) is 11.5. The summed E-state index contributed by atoms with van der Waals surface area (Å²) in [6.07, 6.45) is 4.44. The minimum atomic E-state index is -0.0846. The molecule has 3 aromatic rings. The summed E-state index contributed by atoms with van der Waals surface area (Å²) >= 11 is 1.45. The molecule has 0 spiro atoms. The molecule has 2 heterocycles. The Morgan fingerprint density at radius 1 is 0.970 bits per heavy atom. The Hall–Kier alpha value is -3.41. The van der Waals surface area contributed by atoms with Crippen LogP contribution in [-0.2, 0) is 0 Å². The minimum Gasteiger partial charge on any atom is -0.352 e. The summed E-state index contributed by atoms with van der Waals surface area (Å²) in [5, 5.41) is 12.4. The SMILES string of the molecule is N#Cc1ccccc1Sc1ccccc1C(=O)NCCCN1CCN(c2ncccn2)CC1. The van der Waals surface area contributed by atoms with Crippen molar-refractivity contribution in [2.45, 2.75) is 16.2 Å². The molecule has 1 aliphatic rings. The summed E-state index contributed by atoms with van der Waals surface area (Å²) in [5.74, 6) is 0.705. The van der Waals surface area contributed by atoms with Crippen molar-refractivity contribution in [3.63, 3.8) is 0 Å². The van der Waals surface area contributed by atoms with Gasteiger partial charge in [0.25, 0.3) is 5.91 Å². The van der Waals surface area contributed by atoms with Crippen molar-refractivity contribution >= 4 is 23.6 Å².